The third-order valence-corrected chi connectivity index (χ3v) is 4.80. The van der Waals surface area contributed by atoms with Crippen molar-refractivity contribution in [3.63, 3.8) is 0 Å². The van der Waals surface area contributed by atoms with Crippen molar-refractivity contribution in [3.05, 3.63) is 98.4 Å². The smallest absolute Gasteiger partial charge is 0.331 e. The van der Waals surface area contributed by atoms with Gasteiger partial charge in [0.1, 0.15) is 6.61 Å². The topological polar surface area (TPSA) is 87.3 Å². The van der Waals surface area contributed by atoms with Gasteiger partial charge >= 0.3 is 5.97 Å². The van der Waals surface area contributed by atoms with Crippen LogP contribution in [0.3, 0.4) is 0 Å². The van der Waals surface area contributed by atoms with Crippen LogP contribution in [0, 0.1) is 30.9 Å². The first kappa shape index (κ1) is 21.0. The fourth-order valence-corrected chi connectivity index (χ4v) is 3.04. The maximum absolute atomic E-state index is 12.1. The van der Waals surface area contributed by atoms with Crippen LogP contribution < -0.4 is 0 Å². The Hall–Kier alpha value is -3.74. The number of benzene rings is 2. The lowest BCUT2D eigenvalue weighted by atomic mass is 10.1. The molecule has 3 rings (SSSR count). The number of nitrogens with zero attached hydrogens (tertiary/aromatic N) is 3. The highest BCUT2D eigenvalue weighted by Gasteiger charge is 2.10. The Kier molecular flexibility index (Phi) is 6.41. The van der Waals surface area contributed by atoms with Gasteiger partial charge in [-0.3, -0.25) is 14.8 Å². The van der Waals surface area contributed by atoms with Gasteiger partial charge in [0.2, 0.25) is 0 Å². The van der Waals surface area contributed by atoms with Crippen LogP contribution in [0.5, 0.6) is 0 Å². The SMILES string of the molecule is Cc1ccc(Cn2nc(C)c(/C=C\C(=O)OCc3ccc([N+](=O)[O-])cc3)c2C)cc1. The van der Waals surface area contributed by atoms with E-state index < -0.39 is 10.9 Å². The predicted molar refractivity (Wildman–Crippen MR) is 114 cm³/mol. The minimum Gasteiger partial charge on any atom is -0.458 e. The first-order valence-electron chi connectivity index (χ1n) is 9.51. The summed E-state index contributed by atoms with van der Waals surface area (Å²) in [4.78, 5) is 22.3. The Labute approximate surface area is 174 Å². The number of ether oxygens (including phenoxy) is 1. The zero-order chi connectivity index (χ0) is 21.7. The molecule has 0 saturated carbocycles. The molecule has 0 bridgehead atoms. The van der Waals surface area contributed by atoms with E-state index in [0.29, 0.717) is 12.1 Å². The number of rotatable bonds is 7. The van der Waals surface area contributed by atoms with E-state index in [-0.39, 0.29) is 12.3 Å². The summed E-state index contributed by atoms with van der Waals surface area (Å²) < 4.78 is 7.14. The van der Waals surface area contributed by atoms with Crippen LogP contribution in [0.4, 0.5) is 5.69 Å². The van der Waals surface area contributed by atoms with Crippen molar-refractivity contribution in [2.45, 2.75) is 33.9 Å². The normalized spacial score (nSPS) is 11.0. The molecule has 0 fully saturated rings. The van der Waals surface area contributed by atoms with Crippen molar-refractivity contribution < 1.29 is 14.5 Å². The minimum absolute atomic E-state index is 0.00132. The van der Waals surface area contributed by atoms with Crippen LogP contribution in [0.15, 0.2) is 54.6 Å². The molecule has 0 aliphatic carbocycles. The van der Waals surface area contributed by atoms with Gasteiger partial charge < -0.3 is 4.74 Å². The van der Waals surface area contributed by atoms with E-state index >= 15 is 0 Å². The molecule has 1 heterocycles. The van der Waals surface area contributed by atoms with Gasteiger partial charge in [-0.2, -0.15) is 5.10 Å². The number of esters is 1. The number of carbonyl (C=O) groups excluding carboxylic acids is 1. The number of aromatic nitrogens is 2. The summed E-state index contributed by atoms with van der Waals surface area (Å²) in [6, 6.07) is 14.2. The van der Waals surface area contributed by atoms with E-state index in [9.17, 15) is 14.9 Å². The van der Waals surface area contributed by atoms with E-state index in [1.54, 1.807) is 18.2 Å². The van der Waals surface area contributed by atoms with Crippen LogP contribution in [0.1, 0.15) is 33.6 Å². The van der Waals surface area contributed by atoms with E-state index in [1.165, 1.54) is 23.8 Å². The zero-order valence-corrected chi connectivity index (χ0v) is 17.2. The highest BCUT2D eigenvalue weighted by molar-refractivity contribution is 5.87. The average molecular weight is 405 g/mol. The molecule has 3 aromatic rings. The maximum Gasteiger partial charge on any atom is 0.331 e. The molecule has 0 aliphatic heterocycles. The average Bonchev–Trinajstić information content (AvgIpc) is 2.99. The van der Waals surface area contributed by atoms with Crippen molar-refractivity contribution in [1.82, 2.24) is 9.78 Å². The summed E-state index contributed by atoms with van der Waals surface area (Å²) in [6.07, 6.45) is 3.08. The highest BCUT2D eigenvalue weighted by atomic mass is 16.6. The first-order valence-corrected chi connectivity index (χ1v) is 9.51. The molecule has 0 radical (unpaired) electrons. The van der Waals surface area contributed by atoms with Gasteiger partial charge in [0, 0.05) is 29.5 Å². The molecular formula is C23H23N3O4. The number of nitro benzene ring substituents is 1. The minimum atomic E-state index is -0.488. The highest BCUT2D eigenvalue weighted by Crippen LogP contribution is 2.17. The molecule has 0 amide bonds. The molecule has 0 N–H and O–H groups in total. The summed E-state index contributed by atoms with van der Waals surface area (Å²) in [5.74, 6) is -0.488. The summed E-state index contributed by atoms with van der Waals surface area (Å²) >= 11 is 0. The van der Waals surface area contributed by atoms with Gasteiger partial charge in [-0.15, -0.1) is 0 Å². The van der Waals surface area contributed by atoms with E-state index in [0.717, 1.165) is 22.5 Å². The van der Waals surface area contributed by atoms with Gasteiger partial charge in [0.15, 0.2) is 0 Å². The fraction of sp³-hybridized carbons (Fsp3) is 0.217. The summed E-state index contributed by atoms with van der Waals surface area (Å²) in [5.41, 5.74) is 5.73. The number of aryl methyl sites for hydroxylation is 2. The molecule has 0 aliphatic rings. The largest absolute Gasteiger partial charge is 0.458 e. The molecule has 1 aromatic heterocycles. The van der Waals surface area contributed by atoms with Crippen LogP contribution >= 0.6 is 0 Å². The second-order valence-electron chi connectivity index (χ2n) is 7.09. The van der Waals surface area contributed by atoms with Gasteiger partial charge in [0.25, 0.3) is 5.69 Å². The summed E-state index contributed by atoms with van der Waals surface area (Å²) in [7, 11) is 0. The van der Waals surface area contributed by atoms with Crippen molar-refractivity contribution in [3.8, 4) is 0 Å². The zero-order valence-electron chi connectivity index (χ0n) is 17.2. The second kappa shape index (κ2) is 9.17. The predicted octanol–water partition coefficient (Wildman–Crippen LogP) is 4.52. The summed E-state index contributed by atoms with van der Waals surface area (Å²) in [5, 5.41) is 15.3. The Morgan fingerprint density at radius 3 is 2.33 bits per heavy atom. The molecule has 0 unspecified atom stereocenters. The van der Waals surface area contributed by atoms with Gasteiger partial charge in [-0.1, -0.05) is 29.8 Å². The van der Waals surface area contributed by atoms with E-state index in [2.05, 4.69) is 36.3 Å². The van der Waals surface area contributed by atoms with Crippen LogP contribution in [0.2, 0.25) is 0 Å². The third kappa shape index (κ3) is 5.20. The molecule has 30 heavy (non-hydrogen) atoms. The number of hydrogen-bond donors (Lipinski definition) is 0. The Morgan fingerprint density at radius 1 is 1.07 bits per heavy atom. The number of hydrogen-bond acceptors (Lipinski definition) is 5. The van der Waals surface area contributed by atoms with Gasteiger partial charge in [0.05, 0.1) is 17.2 Å². The third-order valence-electron chi connectivity index (χ3n) is 4.80. The molecule has 7 heteroatoms. The Balaban J connectivity index is 1.62. The Morgan fingerprint density at radius 2 is 1.70 bits per heavy atom. The lowest BCUT2D eigenvalue weighted by molar-refractivity contribution is -0.384. The molecule has 0 saturated heterocycles. The monoisotopic (exact) mass is 405 g/mol. The number of nitro groups is 1. The van der Waals surface area contributed by atoms with Crippen molar-refractivity contribution in [1.29, 1.82) is 0 Å². The lowest BCUT2D eigenvalue weighted by Gasteiger charge is -2.05. The second-order valence-corrected chi connectivity index (χ2v) is 7.09. The van der Waals surface area contributed by atoms with Crippen LogP contribution in [-0.2, 0) is 22.7 Å². The number of non-ortho nitro benzene ring substituents is 1. The quantitative estimate of drug-likeness (QED) is 0.250. The fourth-order valence-electron chi connectivity index (χ4n) is 3.04. The molecule has 0 atom stereocenters. The first-order chi connectivity index (χ1) is 14.3. The van der Waals surface area contributed by atoms with Gasteiger partial charge in [-0.05, 0) is 50.1 Å². The molecule has 7 nitrogen and oxygen atoms in total. The Bertz CT molecular complexity index is 1080. The van der Waals surface area contributed by atoms with Gasteiger partial charge in [-0.25, -0.2) is 4.79 Å². The lowest BCUT2D eigenvalue weighted by Crippen LogP contribution is -2.04. The summed E-state index contributed by atoms with van der Waals surface area (Å²) in [6.45, 7) is 6.63. The van der Waals surface area contributed by atoms with Crippen molar-refractivity contribution in [2.75, 3.05) is 0 Å². The maximum atomic E-state index is 12.1. The van der Waals surface area contributed by atoms with Crippen LogP contribution in [-0.4, -0.2) is 20.7 Å². The van der Waals surface area contributed by atoms with E-state index in [4.69, 9.17) is 4.74 Å². The standard InChI is InChI=1S/C23H23N3O4/c1-16-4-6-19(7-5-16)14-25-18(3)22(17(2)24-25)12-13-23(27)30-15-20-8-10-21(11-9-20)26(28)29/h4-13H,14-15H2,1-3H3/b13-12-. The van der Waals surface area contributed by atoms with Crippen molar-refractivity contribution >= 4 is 17.7 Å². The van der Waals surface area contributed by atoms with Crippen LogP contribution in [0.25, 0.3) is 6.08 Å². The molecule has 154 valence electrons. The van der Waals surface area contributed by atoms with E-state index in [1.807, 2.05) is 18.5 Å². The van der Waals surface area contributed by atoms with Crippen molar-refractivity contribution in [2.24, 2.45) is 0 Å². The molecular weight excluding hydrogens is 382 g/mol. The number of carbonyl (C=O) groups is 1. The molecule has 0 spiro atoms. The molecule has 2 aromatic carbocycles.